The van der Waals surface area contributed by atoms with Crippen LogP contribution in [0.3, 0.4) is 0 Å². The first-order valence-electron chi connectivity index (χ1n) is 8.57. The second kappa shape index (κ2) is 11.5. The van der Waals surface area contributed by atoms with Crippen molar-refractivity contribution in [3.8, 4) is 0 Å². The van der Waals surface area contributed by atoms with Crippen LogP contribution in [0, 0.1) is 0 Å². The lowest BCUT2D eigenvalue weighted by atomic mass is 9.89. The van der Waals surface area contributed by atoms with E-state index in [1.54, 1.807) is 0 Å². The number of hydrogen-bond acceptors (Lipinski definition) is 4. The molecule has 0 aliphatic heterocycles. The van der Waals surface area contributed by atoms with Gasteiger partial charge in [-0.1, -0.05) is 28.8 Å². The maximum Gasteiger partial charge on any atom is 0.328 e. The Morgan fingerprint density at radius 1 is 1.04 bits per heavy atom. The van der Waals surface area contributed by atoms with Crippen molar-refractivity contribution in [2.24, 2.45) is 0 Å². The van der Waals surface area contributed by atoms with Gasteiger partial charge < -0.3 is 20.4 Å². The van der Waals surface area contributed by atoms with Crippen LogP contribution in [0.4, 0.5) is 0 Å². The highest BCUT2D eigenvalue weighted by Crippen LogP contribution is 2.22. The molecule has 2 atom stereocenters. The Morgan fingerprint density at radius 2 is 1.56 bits per heavy atom. The van der Waals surface area contributed by atoms with Crippen LogP contribution in [0.2, 0.25) is 0 Å². The number of nitrogens with one attached hydrogen (secondary N) is 1. The van der Waals surface area contributed by atoms with Gasteiger partial charge in [0, 0.05) is 34.3 Å². The molecule has 2 rings (SSSR count). The number of hydrogen-bond donors (Lipinski definition) is 3. The lowest BCUT2D eigenvalue weighted by Gasteiger charge is -2.36. The van der Waals surface area contributed by atoms with Crippen LogP contribution in [-0.4, -0.2) is 59.1 Å². The topological polar surface area (TPSA) is 107 Å². The van der Waals surface area contributed by atoms with Crippen LogP contribution in [0.15, 0.2) is 40.9 Å². The fraction of sp³-hybridized carbons (Fsp3) is 0.421. The van der Waals surface area contributed by atoms with Crippen LogP contribution >= 0.6 is 15.9 Å². The molecule has 0 heterocycles. The minimum atomic E-state index is -1.26. The Labute approximate surface area is 167 Å². The second-order valence-electron chi connectivity index (χ2n) is 6.41. The molecule has 27 heavy (non-hydrogen) atoms. The highest BCUT2D eigenvalue weighted by Gasteiger charge is 2.28. The SMILES string of the molecule is CN(C)C1CCCCC1NC(=O)c1ccc(Br)cc1.O=C(O)/C=C/C(=O)O. The number of likely N-dealkylation sites (N-methyl/N-ethyl adjacent to an activating group) is 1. The third-order valence-corrected chi connectivity index (χ3v) is 4.71. The Kier molecular flexibility index (Phi) is 9.74. The van der Waals surface area contributed by atoms with Crippen molar-refractivity contribution in [1.82, 2.24) is 10.2 Å². The highest BCUT2D eigenvalue weighted by molar-refractivity contribution is 9.10. The number of carboxylic acid groups (broad SMARTS) is 2. The van der Waals surface area contributed by atoms with Gasteiger partial charge in [0.2, 0.25) is 0 Å². The molecular weight excluding hydrogens is 416 g/mol. The van der Waals surface area contributed by atoms with Crippen molar-refractivity contribution in [1.29, 1.82) is 0 Å². The lowest BCUT2D eigenvalue weighted by Crippen LogP contribution is -2.51. The molecule has 0 radical (unpaired) electrons. The summed E-state index contributed by atoms with van der Waals surface area (Å²) in [6, 6.07) is 8.23. The number of rotatable bonds is 5. The molecule has 0 spiro atoms. The van der Waals surface area contributed by atoms with E-state index in [9.17, 15) is 14.4 Å². The third kappa shape index (κ3) is 8.83. The largest absolute Gasteiger partial charge is 0.478 e. The van der Waals surface area contributed by atoms with E-state index in [1.807, 2.05) is 24.3 Å². The number of amides is 1. The molecule has 1 amide bonds. The maximum atomic E-state index is 12.2. The molecule has 1 aromatic carbocycles. The van der Waals surface area contributed by atoms with Crippen molar-refractivity contribution in [3.05, 3.63) is 46.5 Å². The van der Waals surface area contributed by atoms with Gasteiger partial charge in [-0.05, 0) is 51.2 Å². The van der Waals surface area contributed by atoms with Crippen molar-refractivity contribution < 1.29 is 24.6 Å². The number of halogens is 1. The van der Waals surface area contributed by atoms with Gasteiger partial charge in [-0.25, -0.2) is 9.59 Å². The molecule has 0 saturated heterocycles. The van der Waals surface area contributed by atoms with E-state index in [0.717, 1.165) is 22.9 Å². The summed E-state index contributed by atoms with van der Waals surface area (Å²) in [5, 5.41) is 18.8. The van der Waals surface area contributed by atoms with Gasteiger partial charge in [0.05, 0.1) is 0 Å². The molecular formula is C19H25BrN2O5. The first-order chi connectivity index (χ1) is 12.7. The summed E-state index contributed by atoms with van der Waals surface area (Å²) in [6.45, 7) is 0. The maximum absolute atomic E-state index is 12.2. The van der Waals surface area contributed by atoms with E-state index in [4.69, 9.17) is 10.2 Å². The molecule has 148 valence electrons. The summed E-state index contributed by atoms with van der Waals surface area (Å²) in [4.78, 5) is 33.6. The summed E-state index contributed by atoms with van der Waals surface area (Å²) in [5.41, 5.74) is 0.728. The Hall–Kier alpha value is -2.19. The fourth-order valence-electron chi connectivity index (χ4n) is 2.89. The standard InChI is InChI=1S/C15H21BrN2O.C4H4O4/c1-18(2)14-6-4-3-5-13(14)17-15(19)11-7-9-12(16)10-8-11;5-3(6)1-2-4(7)8/h7-10,13-14H,3-6H2,1-2H3,(H,17,19);1-2H,(H,5,6)(H,7,8)/b;2-1+. The second-order valence-corrected chi connectivity index (χ2v) is 7.33. The summed E-state index contributed by atoms with van der Waals surface area (Å²) >= 11 is 3.38. The lowest BCUT2D eigenvalue weighted by molar-refractivity contribution is -0.134. The minimum Gasteiger partial charge on any atom is -0.478 e. The van der Waals surface area contributed by atoms with E-state index >= 15 is 0 Å². The molecule has 3 N–H and O–H groups in total. The number of nitrogens with zero attached hydrogens (tertiary/aromatic N) is 1. The molecule has 0 aromatic heterocycles. The van der Waals surface area contributed by atoms with Gasteiger partial charge in [-0.15, -0.1) is 0 Å². The predicted octanol–water partition coefficient (Wildman–Crippen LogP) is 2.76. The molecule has 1 aliphatic rings. The Morgan fingerprint density at radius 3 is 2.04 bits per heavy atom. The first-order valence-corrected chi connectivity index (χ1v) is 9.36. The van der Waals surface area contributed by atoms with Gasteiger partial charge in [0.25, 0.3) is 5.91 Å². The van der Waals surface area contributed by atoms with E-state index in [1.165, 1.54) is 12.8 Å². The zero-order valence-corrected chi connectivity index (χ0v) is 17.0. The van der Waals surface area contributed by atoms with Crippen LogP contribution in [-0.2, 0) is 9.59 Å². The van der Waals surface area contributed by atoms with E-state index in [2.05, 4.69) is 40.2 Å². The molecule has 1 saturated carbocycles. The Bertz CT molecular complexity index is 657. The molecule has 1 aliphatic carbocycles. The monoisotopic (exact) mass is 440 g/mol. The summed E-state index contributed by atoms with van der Waals surface area (Å²) < 4.78 is 0.993. The summed E-state index contributed by atoms with van der Waals surface area (Å²) in [7, 11) is 4.18. The third-order valence-electron chi connectivity index (χ3n) is 4.18. The number of carbonyl (C=O) groups is 3. The van der Waals surface area contributed by atoms with Crippen molar-refractivity contribution in [3.63, 3.8) is 0 Å². The molecule has 2 unspecified atom stereocenters. The zero-order valence-electron chi connectivity index (χ0n) is 15.4. The molecule has 1 aromatic rings. The quantitative estimate of drug-likeness (QED) is 0.607. The predicted molar refractivity (Wildman–Crippen MR) is 106 cm³/mol. The van der Waals surface area contributed by atoms with Gasteiger partial charge in [0.15, 0.2) is 0 Å². The number of carboxylic acids is 2. The average molecular weight is 441 g/mol. The molecule has 8 heteroatoms. The summed E-state index contributed by atoms with van der Waals surface area (Å²) in [5.74, 6) is -2.48. The van der Waals surface area contributed by atoms with Crippen molar-refractivity contribution >= 4 is 33.8 Å². The molecule has 0 bridgehead atoms. The molecule has 7 nitrogen and oxygen atoms in total. The first kappa shape index (κ1) is 22.9. The molecule has 1 fully saturated rings. The Balaban J connectivity index is 0.000000387. The van der Waals surface area contributed by atoms with E-state index in [0.29, 0.717) is 18.2 Å². The van der Waals surface area contributed by atoms with Crippen LogP contribution < -0.4 is 5.32 Å². The highest BCUT2D eigenvalue weighted by atomic mass is 79.9. The van der Waals surface area contributed by atoms with Gasteiger partial charge in [-0.3, -0.25) is 4.79 Å². The minimum absolute atomic E-state index is 0.0336. The smallest absolute Gasteiger partial charge is 0.328 e. The van der Waals surface area contributed by atoms with E-state index in [-0.39, 0.29) is 11.9 Å². The van der Waals surface area contributed by atoms with Crippen molar-refractivity contribution in [2.45, 2.75) is 37.8 Å². The van der Waals surface area contributed by atoms with E-state index < -0.39 is 11.9 Å². The van der Waals surface area contributed by atoms with Crippen molar-refractivity contribution in [2.75, 3.05) is 14.1 Å². The van der Waals surface area contributed by atoms with Gasteiger partial charge in [-0.2, -0.15) is 0 Å². The van der Waals surface area contributed by atoms with Crippen LogP contribution in [0.1, 0.15) is 36.0 Å². The summed E-state index contributed by atoms with van der Waals surface area (Å²) in [6.07, 6.45) is 5.82. The number of carbonyl (C=O) groups excluding carboxylic acids is 1. The fourth-order valence-corrected chi connectivity index (χ4v) is 3.16. The van der Waals surface area contributed by atoms with Gasteiger partial charge >= 0.3 is 11.9 Å². The normalized spacial score (nSPS) is 19.3. The number of aliphatic carboxylic acids is 2. The van der Waals surface area contributed by atoms with Crippen LogP contribution in [0.25, 0.3) is 0 Å². The zero-order chi connectivity index (χ0) is 20.4. The van der Waals surface area contributed by atoms with Crippen LogP contribution in [0.5, 0.6) is 0 Å². The average Bonchev–Trinajstić information content (AvgIpc) is 2.61. The van der Waals surface area contributed by atoms with Gasteiger partial charge in [0.1, 0.15) is 0 Å². The number of benzene rings is 1.